The van der Waals surface area contributed by atoms with Crippen LogP contribution in [0.15, 0.2) is 0 Å². The van der Waals surface area contributed by atoms with Crippen LogP contribution in [0.3, 0.4) is 0 Å². The highest BCUT2D eigenvalue weighted by Crippen LogP contribution is 2.13. The maximum atomic E-state index is 11.9. The van der Waals surface area contributed by atoms with E-state index < -0.39 is 0 Å². The van der Waals surface area contributed by atoms with Gasteiger partial charge in [0.25, 0.3) is 0 Å². The number of nitrogens with two attached hydrogens (primary N) is 1. The van der Waals surface area contributed by atoms with Gasteiger partial charge in [-0.05, 0) is 25.7 Å². The van der Waals surface area contributed by atoms with Crippen LogP contribution in [-0.4, -0.2) is 43.2 Å². The summed E-state index contributed by atoms with van der Waals surface area (Å²) in [6.45, 7) is 3.54. The molecule has 0 radical (unpaired) electrons. The van der Waals surface area contributed by atoms with Crippen molar-refractivity contribution in [3.05, 3.63) is 0 Å². The van der Waals surface area contributed by atoms with E-state index in [4.69, 9.17) is 10.5 Å². The Kier molecular flexibility index (Phi) is 5.77. The minimum atomic E-state index is -0.349. The first kappa shape index (κ1) is 13.5. The molecule has 4 heteroatoms. The zero-order valence-corrected chi connectivity index (χ0v) is 10.4. The summed E-state index contributed by atoms with van der Waals surface area (Å²) in [5.41, 5.74) is 5.80. The Hall–Kier alpha value is -0.610. The Balaban J connectivity index is 2.32. The van der Waals surface area contributed by atoms with Crippen molar-refractivity contribution in [2.75, 3.05) is 20.2 Å². The van der Waals surface area contributed by atoms with E-state index >= 15 is 0 Å². The summed E-state index contributed by atoms with van der Waals surface area (Å²) < 4.78 is 5.60. The van der Waals surface area contributed by atoms with Crippen molar-refractivity contribution >= 4 is 5.91 Å². The van der Waals surface area contributed by atoms with Gasteiger partial charge in [-0.2, -0.15) is 0 Å². The van der Waals surface area contributed by atoms with Crippen molar-refractivity contribution in [3.8, 4) is 0 Å². The highest BCUT2D eigenvalue weighted by molar-refractivity contribution is 5.81. The zero-order chi connectivity index (χ0) is 12.0. The fourth-order valence-corrected chi connectivity index (χ4v) is 2.06. The van der Waals surface area contributed by atoms with E-state index in [0.29, 0.717) is 6.54 Å². The fourth-order valence-electron chi connectivity index (χ4n) is 2.06. The Morgan fingerprint density at radius 2 is 2.31 bits per heavy atom. The molecule has 1 amide bonds. The van der Waals surface area contributed by atoms with Gasteiger partial charge in [-0.15, -0.1) is 0 Å². The average molecular weight is 228 g/mol. The van der Waals surface area contributed by atoms with Gasteiger partial charge in [0.2, 0.25) is 5.91 Å². The van der Waals surface area contributed by atoms with Gasteiger partial charge in [-0.3, -0.25) is 4.79 Å². The van der Waals surface area contributed by atoms with Crippen molar-refractivity contribution in [1.82, 2.24) is 4.90 Å². The van der Waals surface area contributed by atoms with E-state index in [-0.39, 0.29) is 18.1 Å². The van der Waals surface area contributed by atoms with E-state index in [0.717, 1.165) is 32.3 Å². The maximum absolute atomic E-state index is 11.9. The lowest BCUT2D eigenvalue weighted by Gasteiger charge is -2.28. The summed E-state index contributed by atoms with van der Waals surface area (Å²) in [6, 6.07) is -0.349. The smallest absolute Gasteiger partial charge is 0.239 e. The molecule has 0 aromatic heterocycles. The summed E-state index contributed by atoms with van der Waals surface area (Å²) in [5.74, 6) is 0.0380. The molecule has 1 rings (SSSR count). The first-order valence-corrected chi connectivity index (χ1v) is 6.27. The fraction of sp³-hybridized carbons (Fsp3) is 0.917. The quantitative estimate of drug-likeness (QED) is 0.767. The van der Waals surface area contributed by atoms with Crippen molar-refractivity contribution < 1.29 is 9.53 Å². The predicted octanol–water partition coefficient (Wildman–Crippen LogP) is 1.14. The number of amides is 1. The second kappa shape index (κ2) is 6.86. The first-order chi connectivity index (χ1) is 7.65. The van der Waals surface area contributed by atoms with Crippen LogP contribution in [0.5, 0.6) is 0 Å². The normalized spacial score (nSPS) is 22.8. The SMILES string of the molecule is CCC[C@H](N)C(=O)N(C)CC1CCCCO1. The third-order valence-electron chi connectivity index (χ3n) is 3.04. The highest BCUT2D eigenvalue weighted by atomic mass is 16.5. The van der Waals surface area contributed by atoms with Gasteiger partial charge in [0, 0.05) is 20.2 Å². The lowest BCUT2D eigenvalue weighted by molar-refractivity contribution is -0.133. The molecule has 2 atom stereocenters. The third kappa shape index (κ3) is 4.10. The molecule has 4 nitrogen and oxygen atoms in total. The van der Waals surface area contributed by atoms with Crippen LogP contribution in [0.4, 0.5) is 0 Å². The van der Waals surface area contributed by atoms with Crippen LogP contribution in [0.25, 0.3) is 0 Å². The van der Waals surface area contributed by atoms with Gasteiger partial charge in [0.1, 0.15) is 0 Å². The second-order valence-corrected chi connectivity index (χ2v) is 4.60. The van der Waals surface area contributed by atoms with Gasteiger partial charge < -0.3 is 15.4 Å². The van der Waals surface area contributed by atoms with E-state index in [1.807, 2.05) is 14.0 Å². The van der Waals surface area contributed by atoms with Crippen molar-refractivity contribution in [3.63, 3.8) is 0 Å². The van der Waals surface area contributed by atoms with Gasteiger partial charge >= 0.3 is 0 Å². The average Bonchev–Trinajstić information content (AvgIpc) is 2.29. The summed E-state index contributed by atoms with van der Waals surface area (Å²) in [5, 5.41) is 0. The topological polar surface area (TPSA) is 55.6 Å². The lowest BCUT2D eigenvalue weighted by Crippen LogP contribution is -2.45. The van der Waals surface area contributed by atoms with Crippen molar-refractivity contribution in [2.45, 2.75) is 51.2 Å². The number of hydrogen-bond donors (Lipinski definition) is 1. The van der Waals surface area contributed by atoms with Crippen LogP contribution < -0.4 is 5.73 Å². The minimum Gasteiger partial charge on any atom is -0.376 e. The van der Waals surface area contributed by atoms with Crippen LogP contribution in [0.2, 0.25) is 0 Å². The molecular formula is C12H24N2O2. The van der Waals surface area contributed by atoms with Gasteiger partial charge in [-0.25, -0.2) is 0 Å². The molecule has 0 aromatic carbocycles. The maximum Gasteiger partial charge on any atom is 0.239 e. The third-order valence-corrected chi connectivity index (χ3v) is 3.04. The molecule has 0 saturated carbocycles. The summed E-state index contributed by atoms with van der Waals surface area (Å²) in [4.78, 5) is 13.6. The Morgan fingerprint density at radius 1 is 1.56 bits per heavy atom. The number of nitrogens with zero attached hydrogens (tertiary/aromatic N) is 1. The molecule has 2 N–H and O–H groups in total. The van der Waals surface area contributed by atoms with Crippen LogP contribution in [0, 0.1) is 0 Å². The van der Waals surface area contributed by atoms with Crippen molar-refractivity contribution in [1.29, 1.82) is 0 Å². The number of rotatable bonds is 5. The van der Waals surface area contributed by atoms with Crippen molar-refractivity contribution in [2.24, 2.45) is 5.73 Å². The first-order valence-electron chi connectivity index (χ1n) is 6.27. The highest BCUT2D eigenvalue weighted by Gasteiger charge is 2.21. The monoisotopic (exact) mass is 228 g/mol. The minimum absolute atomic E-state index is 0.0380. The molecule has 0 spiro atoms. The molecule has 1 aliphatic rings. The molecule has 1 aliphatic heterocycles. The molecule has 0 aromatic rings. The standard InChI is InChI=1S/C12H24N2O2/c1-3-6-11(13)12(15)14(2)9-10-7-4-5-8-16-10/h10-11H,3-9,13H2,1-2H3/t10?,11-/m0/s1. The molecule has 1 unspecified atom stereocenters. The second-order valence-electron chi connectivity index (χ2n) is 4.60. The molecule has 1 fully saturated rings. The van der Waals surface area contributed by atoms with E-state index in [9.17, 15) is 4.79 Å². The molecule has 1 saturated heterocycles. The Morgan fingerprint density at radius 3 is 2.88 bits per heavy atom. The number of hydrogen-bond acceptors (Lipinski definition) is 3. The summed E-state index contributed by atoms with van der Waals surface area (Å²) in [7, 11) is 1.82. The number of likely N-dealkylation sites (N-methyl/N-ethyl adjacent to an activating group) is 1. The Bertz CT molecular complexity index is 215. The molecule has 1 heterocycles. The van der Waals surface area contributed by atoms with Crippen LogP contribution in [-0.2, 0) is 9.53 Å². The zero-order valence-electron chi connectivity index (χ0n) is 10.4. The molecule has 0 bridgehead atoms. The van der Waals surface area contributed by atoms with E-state index in [1.165, 1.54) is 6.42 Å². The Labute approximate surface area is 98.1 Å². The molecule has 16 heavy (non-hydrogen) atoms. The lowest BCUT2D eigenvalue weighted by atomic mass is 10.1. The molecule has 94 valence electrons. The molecular weight excluding hydrogens is 204 g/mol. The number of ether oxygens (including phenoxy) is 1. The van der Waals surface area contributed by atoms with Gasteiger partial charge in [0.05, 0.1) is 12.1 Å². The van der Waals surface area contributed by atoms with Crippen LogP contribution in [0.1, 0.15) is 39.0 Å². The summed E-state index contributed by atoms with van der Waals surface area (Å²) >= 11 is 0. The van der Waals surface area contributed by atoms with Crippen LogP contribution >= 0.6 is 0 Å². The number of carbonyl (C=O) groups is 1. The predicted molar refractivity (Wildman–Crippen MR) is 64.1 cm³/mol. The summed E-state index contributed by atoms with van der Waals surface area (Å²) in [6.07, 6.45) is 5.31. The number of carbonyl (C=O) groups excluding carboxylic acids is 1. The van der Waals surface area contributed by atoms with E-state index in [1.54, 1.807) is 4.90 Å². The van der Waals surface area contributed by atoms with Gasteiger partial charge in [-0.1, -0.05) is 13.3 Å². The molecule has 0 aliphatic carbocycles. The largest absolute Gasteiger partial charge is 0.376 e. The van der Waals surface area contributed by atoms with Gasteiger partial charge in [0.15, 0.2) is 0 Å². The van der Waals surface area contributed by atoms with E-state index in [2.05, 4.69) is 0 Å².